The van der Waals surface area contributed by atoms with Crippen LogP contribution in [0.25, 0.3) is 0 Å². The maximum absolute atomic E-state index is 11.7. The first kappa shape index (κ1) is 10.4. The lowest BCUT2D eigenvalue weighted by Gasteiger charge is -2.36. The minimum absolute atomic E-state index is 0.00808. The van der Waals surface area contributed by atoms with E-state index in [0.29, 0.717) is 13.0 Å². The third-order valence-corrected chi connectivity index (χ3v) is 3.43. The van der Waals surface area contributed by atoms with Gasteiger partial charge in [0.1, 0.15) is 6.04 Å². The van der Waals surface area contributed by atoms with Crippen molar-refractivity contribution in [2.75, 3.05) is 13.6 Å². The van der Waals surface area contributed by atoms with Gasteiger partial charge in [0.15, 0.2) is 0 Å². The molecule has 84 valence electrons. The van der Waals surface area contributed by atoms with E-state index in [4.69, 9.17) is 5.73 Å². The maximum atomic E-state index is 11.7. The molecule has 1 saturated heterocycles. The van der Waals surface area contributed by atoms with E-state index in [-0.39, 0.29) is 17.9 Å². The molecule has 0 radical (unpaired) electrons. The summed E-state index contributed by atoms with van der Waals surface area (Å²) in [6, 6.07) is -0.358. The highest BCUT2D eigenvalue weighted by molar-refractivity contribution is 5.93. The first-order valence-electron chi connectivity index (χ1n) is 5.38. The number of amides is 2. The summed E-state index contributed by atoms with van der Waals surface area (Å²) in [5.41, 5.74) is 5.16. The number of nitrogens with zero attached hydrogens (tertiary/aromatic N) is 1. The minimum atomic E-state index is -0.707. The molecule has 15 heavy (non-hydrogen) atoms. The Hall–Kier alpha value is -1.10. The number of nitrogens with two attached hydrogens (primary N) is 1. The summed E-state index contributed by atoms with van der Waals surface area (Å²) in [7, 11) is 1.75. The van der Waals surface area contributed by atoms with Crippen molar-refractivity contribution in [3.8, 4) is 0 Å². The van der Waals surface area contributed by atoms with Crippen LogP contribution < -0.4 is 11.1 Å². The molecule has 0 aromatic carbocycles. The molecule has 2 amide bonds. The van der Waals surface area contributed by atoms with Gasteiger partial charge < -0.3 is 16.0 Å². The summed E-state index contributed by atoms with van der Waals surface area (Å²) in [6.07, 6.45) is 3.16. The van der Waals surface area contributed by atoms with Gasteiger partial charge in [0, 0.05) is 13.6 Å². The van der Waals surface area contributed by atoms with Crippen LogP contribution in [0.2, 0.25) is 0 Å². The van der Waals surface area contributed by atoms with E-state index in [2.05, 4.69) is 5.32 Å². The van der Waals surface area contributed by atoms with E-state index in [1.165, 1.54) is 0 Å². The first-order chi connectivity index (χ1) is 7.03. The van der Waals surface area contributed by atoms with Gasteiger partial charge in [-0.25, -0.2) is 0 Å². The van der Waals surface area contributed by atoms with Crippen molar-refractivity contribution in [1.29, 1.82) is 0 Å². The molecule has 0 aromatic rings. The van der Waals surface area contributed by atoms with Crippen LogP contribution in [-0.2, 0) is 9.59 Å². The van der Waals surface area contributed by atoms with E-state index >= 15 is 0 Å². The Morgan fingerprint density at radius 1 is 1.60 bits per heavy atom. The van der Waals surface area contributed by atoms with Crippen molar-refractivity contribution in [2.45, 2.75) is 37.3 Å². The van der Waals surface area contributed by atoms with Crippen molar-refractivity contribution >= 4 is 11.8 Å². The quantitative estimate of drug-likeness (QED) is 0.629. The second-order valence-corrected chi connectivity index (χ2v) is 4.58. The Morgan fingerprint density at radius 3 is 2.67 bits per heavy atom. The third-order valence-electron chi connectivity index (χ3n) is 3.43. The Kier molecular flexibility index (Phi) is 2.42. The zero-order valence-corrected chi connectivity index (χ0v) is 8.95. The molecule has 2 fully saturated rings. The van der Waals surface area contributed by atoms with Gasteiger partial charge in [-0.05, 0) is 25.7 Å². The second-order valence-electron chi connectivity index (χ2n) is 4.58. The summed E-state index contributed by atoms with van der Waals surface area (Å²) in [4.78, 5) is 24.9. The van der Waals surface area contributed by atoms with E-state index in [1.54, 1.807) is 11.9 Å². The van der Waals surface area contributed by atoms with Gasteiger partial charge in [0.25, 0.3) is 0 Å². The van der Waals surface area contributed by atoms with E-state index in [0.717, 1.165) is 19.3 Å². The summed E-state index contributed by atoms with van der Waals surface area (Å²) in [5, 5.41) is 2.75. The van der Waals surface area contributed by atoms with Crippen molar-refractivity contribution in [2.24, 2.45) is 5.73 Å². The van der Waals surface area contributed by atoms with Crippen LogP contribution in [0.4, 0.5) is 0 Å². The zero-order chi connectivity index (χ0) is 11.1. The molecule has 5 heteroatoms. The number of hydrogen-bond acceptors (Lipinski definition) is 3. The number of carbonyl (C=O) groups is 2. The van der Waals surface area contributed by atoms with Gasteiger partial charge in [-0.3, -0.25) is 9.59 Å². The fourth-order valence-corrected chi connectivity index (χ4v) is 2.04. The van der Waals surface area contributed by atoms with Crippen molar-refractivity contribution in [3.05, 3.63) is 0 Å². The maximum Gasteiger partial charge on any atom is 0.244 e. The first-order valence-corrected chi connectivity index (χ1v) is 5.38. The smallest absolute Gasteiger partial charge is 0.244 e. The molecule has 1 atom stereocenters. The molecule has 0 bridgehead atoms. The molecule has 3 N–H and O–H groups in total. The van der Waals surface area contributed by atoms with Gasteiger partial charge in [-0.2, -0.15) is 0 Å². The van der Waals surface area contributed by atoms with Gasteiger partial charge in [-0.15, -0.1) is 0 Å². The van der Waals surface area contributed by atoms with Crippen LogP contribution in [0, 0.1) is 0 Å². The average Bonchev–Trinajstić information content (AvgIpc) is 2.46. The molecule has 1 saturated carbocycles. The number of rotatable bonds is 2. The van der Waals surface area contributed by atoms with Crippen LogP contribution >= 0.6 is 0 Å². The number of nitrogens with one attached hydrogen (secondary N) is 1. The van der Waals surface area contributed by atoms with Crippen LogP contribution in [0.15, 0.2) is 0 Å². The molecule has 2 rings (SSSR count). The molecular formula is C10H17N3O2. The lowest BCUT2D eigenvalue weighted by atomic mass is 9.77. The number of carbonyl (C=O) groups excluding carboxylic acids is 2. The van der Waals surface area contributed by atoms with E-state index < -0.39 is 5.54 Å². The van der Waals surface area contributed by atoms with Gasteiger partial charge in [-0.1, -0.05) is 0 Å². The molecule has 1 heterocycles. The van der Waals surface area contributed by atoms with Gasteiger partial charge in [0.2, 0.25) is 11.8 Å². The largest absolute Gasteiger partial charge is 0.344 e. The Balaban J connectivity index is 1.92. The fraction of sp³-hybridized carbons (Fsp3) is 0.800. The highest BCUT2D eigenvalue weighted by atomic mass is 16.2. The third kappa shape index (κ3) is 1.71. The Morgan fingerprint density at radius 2 is 2.27 bits per heavy atom. The zero-order valence-electron chi connectivity index (χ0n) is 8.95. The monoisotopic (exact) mass is 211 g/mol. The van der Waals surface area contributed by atoms with Crippen molar-refractivity contribution in [1.82, 2.24) is 10.2 Å². The van der Waals surface area contributed by atoms with E-state index in [9.17, 15) is 9.59 Å². The minimum Gasteiger partial charge on any atom is -0.344 e. The summed E-state index contributed by atoms with van der Waals surface area (Å²) >= 11 is 0. The molecule has 0 spiro atoms. The van der Waals surface area contributed by atoms with Crippen molar-refractivity contribution in [3.63, 3.8) is 0 Å². The lowest BCUT2D eigenvalue weighted by Crippen LogP contribution is -2.60. The summed E-state index contributed by atoms with van der Waals surface area (Å²) in [5.74, 6) is -0.173. The Labute approximate surface area is 89.0 Å². The predicted molar refractivity (Wildman–Crippen MR) is 55.0 cm³/mol. The standard InChI is InChI=1S/C10H17N3O2/c1-13-6-3-7(8(13)14)12-9(15)10(11)4-2-5-10/h7H,2-6,11H2,1H3,(H,12,15). The molecule has 0 aromatic heterocycles. The molecule has 1 aliphatic heterocycles. The lowest BCUT2D eigenvalue weighted by molar-refractivity contribution is -0.135. The highest BCUT2D eigenvalue weighted by Crippen LogP contribution is 2.29. The van der Waals surface area contributed by atoms with Gasteiger partial charge >= 0.3 is 0 Å². The summed E-state index contributed by atoms with van der Waals surface area (Å²) < 4.78 is 0. The molecule has 2 aliphatic rings. The predicted octanol–water partition coefficient (Wildman–Crippen LogP) is -0.785. The second kappa shape index (κ2) is 3.48. The van der Waals surface area contributed by atoms with Crippen LogP contribution in [-0.4, -0.2) is 41.9 Å². The Bertz CT molecular complexity index is 299. The SMILES string of the molecule is CN1CCC(NC(=O)C2(N)CCC2)C1=O. The highest BCUT2D eigenvalue weighted by Gasteiger charge is 2.42. The van der Waals surface area contributed by atoms with Gasteiger partial charge in [0.05, 0.1) is 5.54 Å². The van der Waals surface area contributed by atoms with E-state index in [1.807, 2.05) is 0 Å². The van der Waals surface area contributed by atoms with Crippen LogP contribution in [0.1, 0.15) is 25.7 Å². The molecule has 1 aliphatic carbocycles. The fourth-order valence-electron chi connectivity index (χ4n) is 2.04. The number of likely N-dealkylation sites (tertiary alicyclic amines) is 1. The molecular weight excluding hydrogens is 194 g/mol. The number of hydrogen-bond donors (Lipinski definition) is 2. The summed E-state index contributed by atoms with van der Waals surface area (Å²) in [6.45, 7) is 0.710. The van der Waals surface area contributed by atoms with Crippen molar-refractivity contribution < 1.29 is 9.59 Å². The normalized spacial score (nSPS) is 28.8. The number of likely N-dealkylation sites (N-methyl/N-ethyl adjacent to an activating group) is 1. The molecule has 1 unspecified atom stereocenters. The van der Waals surface area contributed by atoms with Crippen LogP contribution in [0.3, 0.4) is 0 Å². The molecule has 5 nitrogen and oxygen atoms in total. The topological polar surface area (TPSA) is 75.4 Å². The van der Waals surface area contributed by atoms with Crippen LogP contribution in [0.5, 0.6) is 0 Å². The average molecular weight is 211 g/mol.